The lowest BCUT2D eigenvalue weighted by Crippen LogP contribution is -2.57. The third-order valence-corrected chi connectivity index (χ3v) is 10.1. The third-order valence-electron chi connectivity index (χ3n) is 10.1. The van der Waals surface area contributed by atoms with Gasteiger partial charge in [-0.2, -0.15) is 0 Å². The lowest BCUT2D eigenvalue weighted by Gasteiger charge is -2.44. The van der Waals surface area contributed by atoms with E-state index in [1.165, 1.54) is 24.8 Å². The number of amides is 2. The molecule has 1 aliphatic heterocycles. The van der Waals surface area contributed by atoms with Crippen molar-refractivity contribution in [3.63, 3.8) is 0 Å². The number of carbonyl (C=O) groups is 2. The smallest absolute Gasteiger partial charge is 0.318 e. The molecule has 1 heterocycles. The maximum Gasteiger partial charge on any atom is 0.318 e. The molecule has 6 aliphatic rings. The molecule has 5 saturated carbocycles. The second kappa shape index (κ2) is 8.54. The van der Waals surface area contributed by atoms with E-state index in [4.69, 9.17) is 10.8 Å². The Morgan fingerprint density at radius 3 is 2.51 bits per heavy atom. The molecule has 0 radical (unpaired) electrons. The molecule has 5 aliphatic carbocycles. The molecule has 35 heavy (non-hydrogen) atoms. The number of rotatable bonds is 7. The molecular formula is C28H38N5O2+. The maximum atomic E-state index is 13.4. The van der Waals surface area contributed by atoms with Gasteiger partial charge < -0.3 is 10.6 Å². The Balaban J connectivity index is 0.999. The summed E-state index contributed by atoms with van der Waals surface area (Å²) in [5.41, 5.74) is 1.10. The summed E-state index contributed by atoms with van der Waals surface area (Å²) in [7, 11) is 0. The van der Waals surface area contributed by atoms with Crippen LogP contribution in [-0.2, 0) is 16.1 Å². The quantitative estimate of drug-likeness (QED) is 0.351. The Kier molecular flexibility index (Phi) is 5.59. The number of carbonyl (C=O) groups excluding carboxylic acids is 2. The molecule has 6 bridgehead atoms. The lowest BCUT2D eigenvalue weighted by molar-refractivity contribution is -0.139. The fraction of sp³-hybridized carbons (Fsp3) is 0.643. The summed E-state index contributed by atoms with van der Waals surface area (Å²) in [6.07, 6.45) is 5.89. The Bertz CT molecular complexity index is 1040. The van der Waals surface area contributed by atoms with Gasteiger partial charge in [0.05, 0.1) is 5.41 Å². The van der Waals surface area contributed by atoms with Crippen molar-refractivity contribution in [1.29, 1.82) is 5.41 Å². The van der Waals surface area contributed by atoms with E-state index in [9.17, 15) is 9.59 Å². The Hall–Kier alpha value is -2.54. The molecule has 5 N–H and O–H groups in total. The third kappa shape index (κ3) is 3.83. The molecule has 1 aromatic carbocycles. The van der Waals surface area contributed by atoms with Crippen molar-refractivity contribution >= 4 is 23.4 Å². The van der Waals surface area contributed by atoms with E-state index in [0.717, 1.165) is 56.1 Å². The molecular weight excluding hydrogens is 438 g/mol. The molecule has 1 saturated heterocycles. The second-order valence-electron chi connectivity index (χ2n) is 12.2. The molecule has 7 heteroatoms. The first-order valence-corrected chi connectivity index (χ1v) is 13.4. The summed E-state index contributed by atoms with van der Waals surface area (Å²) in [6.45, 7) is 4.64. The molecule has 186 valence electrons. The fourth-order valence-electron chi connectivity index (χ4n) is 8.87. The van der Waals surface area contributed by atoms with Gasteiger partial charge in [0.1, 0.15) is 12.4 Å². The molecule has 7 nitrogen and oxygen atoms in total. The summed E-state index contributed by atoms with van der Waals surface area (Å²) in [5.74, 6) is 3.68. The van der Waals surface area contributed by atoms with Crippen LogP contribution in [0.1, 0.15) is 44.6 Å². The van der Waals surface area contributed by atoms with Gasteiger partial charge in [-0.1, -0.05) is 37.3 Å². The van der Waals surface area contributed by atoms with E-state index in [2.05, 4.69) is 34.6 Å². The van der Waals surface area contributed by atoms with Gasteiger partial charge >= 0.3 is 5.91 Å². The molecule has 0 spiro atoms. The molecule has 5 atom stereocenters. The summed E-state index contributed by atoms with van der Waals surface area (Å²) >= 11 is 0. The van der Waals surface area contributed by atoms with Crippen LogP contribution >= 0.6 is 0 Å². The highest BCUT2D eigenvalue weighted by molar-refractivity contribution is 6.40. The van der Waals surface area contributed by atoms with Crippen molar-refractivity contribution < 1.29 is 15.0 Å². The van der Waals surface area contributed by atoms with E-state index < -0.39 is 5.91 Å². The summed E-state index contributed by atoms with van der Waals surface area (Å²) in [5, 5.41) is 20.4. The highest BCUT2D eigenvalue weighted by Gasteiger charge is 2.69. The van der Waals surface area contributed by atoms with Gasteiger partial charge in [0.15, 0.2) is 0 Å². The van der Waals surface area contributed by atoms with Crippen LogP contribution in [0.15, 0.2) is 30.3 Å². The standard InChI is InChI=1S/C28H37N5O2/c1-16-13-33(14-17-5-3-2-4-6-17)15-21(16)25(30)32-26(34)23(29)12-31-27(35)28-10-19-7-18-8-20(11-28)24(19)22(28)9-18/h2-6,16,18-22,24,29H,7-15H2,1H3,(H,31,35)(H2,30,32,34)/p+1. The van der Waals surface area contributed by atoms with Crippen LogP contribution in [-0.4, -0.2) is 47.9 Å². The molecule has 0 aromatic heterocycles. The highest BCUT2D eigenvalue weighted by atomic mass is 16.2. The largest absolute Gasteiger partial charge is 0.345 e. The number of nitrogens with two attached hydrogens (primary N) is 1. The average molecular weight is 477 g/mol. The summed E-state index contributed by atoms with van der Waals surface area (Å²) in [6, 6.07) is 10.3. The van der Waals surface area contributed by atoms with Crippen LogP contribution in [0, 0.1) is 52.2 Å². The Morgan fingerprint density at radius 1 is 1.11 bits per heavy atom. The molecule has 7 rings (SSSR count). The van der Waals surface area contributed by atoms with Crippen molar-refractivity contribution in [2.75, 3.05) is 19.6 Å². The van der Waals surface area contributed by atoms with Gasteiger partial charge in [-0.05, 0) is 73.2 Å². The molecule has 1 aromatic rings. The monoisotopic (exact) mass is 476 g/mol. The van der Waals surface area contributed by atoms with E-state index in [0.29, 0.717) is 5.92 Å². The summed E-state index contributed by atoms with van der Waals surface area (Å²) < 4.78 is 0. The summed E-state index contributed by atoms with van der Waals surface area (Å²) in [4.78, 5) is 28.4. The van der Waals surface area contributed by atoms with E-state index >= 15 is 0 Å². The zero-order valence-corrected chi connectivity index (χ0v) is 20.6. The number of likely N-dealkylation sites (tertiary alicyclic amines) is 1. The second-order valence-corrected chi connectivity index (χ2v) is 12.2. The number of hydrogen-bond acceptors (Lipinski definition) is 4. The van der Waals surface area contributed by atoms with Crippen LogP contribution < -0.4 is 16.0 Å². The number of nitrogens with zero attached hydrogens (tertiary/aromatic N) is 1. The van der Waals surface area contributed by atoms with Crippen molar-refractivity contribution in [2.24, 2.45) is 46.8 Å². The number of amidine groups is 1. The zero-order chi connectivity index (χ0) is 24.3. The topological polar surface area (TPSA) is 111 Å². The minimum Gasteiger partial charge on any atom is -0.345 e. The van der Waals surface area contributed by atoms with Crippen LogP contribution in [0.3, 0.4) is 0 Å². The highest BCUT2D eigenvalue weighted by Crippen LogP contribution is 2.73. The fourth-order valence-corrected chi connectivity index (χ4v) is 8.87. The first-order chi connectivity index (χ1) is 16.8. The van der Waals surface area contributed by atoms with Gasteiger partial charge in [-0.15, -0.1) is 0 Å². The van der Waals surface area contributed by atoms with Gasteiger partial charge in [0, 0.05) is 25.6 Å². The molecule has 5 unspecified atom stereocenters. The van der Waals surface area contributed by atoms with Gasteiger partial charge in [0.2, 0.25) is 5.91 Å². The SMILES string of the molecule is CC1CN(Cc2ccccc2)CC1C(=N)NC(=O)C(=[NH2+])CNC(=O)C12CC3CC4CC(C1)C3C2C4. The normalized spacial score (nSPS) is 38.6. The maximum absolute atomic E-state index is 13.4. The predicted molar refractivity (Wildman–Crippen MR) is 133 cm³/mol. The zero-order valence-electron chi connectivity index (χ0n) is 20.6. The minimum absolute atomic E-state index is 0.0383. The minimum atomic E-state index is -0.460. The number of hydrogen-bond donors (Lipinski definition) is 4. The number of nitrogens with one attached hydrogen (secondary N) is 3. The van der Waals surface area contributed by atoms with Crippen molar-refractivity contribution in [2.45, 2.75) is 45.6 Å². The van der Waals surface area contributed by atoms with Crippen LogP contribution in [0.4, 0.5) is 0 Å². The lowest BCUT2D eigenvalue weighted by atomic mass is 9.61. The number of benzene rings is 1. The van der Waals surface area contributed by atoms with Crippen LogP contribution in [0.25, 0.3) is 0 Å². The molecule has 6 fully saturated rings. The molecule has 2 amide bonds. The van der Waals surface area contributed by atoms with E-state index in [1.54, 1.807) is 0 Å². The first-order valence-electron chi connectivity index (χ1n) is 13.4. The average Bonchev–Trinajstić information content (AvgIpc) is 3.40. The Morgan fingerprint density at radius 2 is 1.83 bits per heavy atom. The van der Waals surface area contributed by atoms with Crippen LogP contribution in [0.2, 0.25) is 0 Å². The van der Waals surface area contributed by atoms with Crippen molar-refractivity contribution in [3.8, 4) is 0 Å². The van der Waals surface area contributed by atoms with Gasteiger partial charge in [-0.25, -0.2) is 0 Å². The predicted octanol–water partition coefficient (Wildman–Crippen LogP) is 1.24. The first kappa shape index (κ1) is 22.9. The van der Waals surface area contributed by atoms with E-state index in [-0.39, 0.29) is 41.3 Å². The van der Waals surface area contributed by atoms with E-state index in [1.807, 2.05) is 18.2 Å². The van der Waals surface area contributed by atoms with Gasteiger partial charge in [0.25, 0.3) is 5.71 Å². The van der Waals surface area contributed by atoms with Crippen molar-refractivity contribution in [1.82, 2.24) is 15.5 Å². The Labute approximate surface area is 207 Å². The van der Waals surface area contributed by atoms with Crippen molar-refractivity contribution in [3.05, 3.63) is 35.9 Å². The van der Waals surface area contributed by atoms with Gasteiger partial charge in [-0.3, -0.25) is 25.3 Å². The van der Waals surface area contributed by atoms with Crippen LogP contribution in [0.5, 0.6) is 0 Å².